The molecule has 0 radical (unpaired) electrons. The molecule has 1 aliphatic rings. The molecular formula is C12H17NO2. The molecule has 0 bridgehead atoms. The molecule has 15 heavy (non-hydrogen) atoms. The monoisotopic (exact) mass is 207 g/mol. The van der Waals surface area contributed by atoms with Gasteiger partial charge in [0, 0.05) is 12.6 Å². The van der Waals surface area contributed by atoms with Gasteiger partial charge in [-0.2, -0.15) is 0 Å². The lowest BCUT2D eigenvalue weighted by molar-refractivity contribution is 0.0690. The molecule has 82 valence electrons. The summed E-state index contributed by atoms with van der Waals surface area (Å²) in [5, 5.41) is 0. The van der Waals surface area contributed by atoms with Crippen molar-refractivity contribution in [3.63, 3.8) is 0 Å². The van der Waals surface area contributed by atoms with E-state index in [0.717, 1.165) is 19.4 Å². The van der Waals surface area contributed by atoms with Gasteiger partial charge in [-0.05, 0) is 30.9 Å². The maximum absolute atomic E-state index is 12.1. The van der Waals surface area contributed by atoms with Crippen LogP contribution in [0.2, 0.25) is 0 Å². The van der Waals surface area contributed by atoms with Crippen LogP contribution in [0.3, 0.4) is 0 Å². The first kappa shape index (κ1) is 10.3. The van der Waals surface area contributed by atoms with Gasteiger partial charge >= 0.3 is 0 Å². The maximum atomic E-state index is 12.1. The highest BCUT2D eigenvalue weighted by molar-refractivity contribution is 5.91. The quantitative estimate of drug-likeness (QED) is 0.760. The molecule has 1 aromatic heterocycles. The van der Waals surface area contributed by atoms with Crippen molar-refractivity contribution in [2.75, 3.05) is 6.54 Å². The van der Waals surface area contributed by atoms with Gasteiger partial charge in [0.15, 0.2) is 5.76 Å². The molecular weight excluding hydrogens is 190 g/mol. The minimum atomic E-state index is 0.0381. The molecule has 3 heteroatoms. The van der Waals surface area contributed by atoms with Gasteiger partial charge in [-0.25, -0.2) is 0 Å². The van der Waals surface area contributed by atoms with E-state index in [1.165, 1.54) is 0 Å². The Labute approximate surface area is 90.1 Å². The Balaban J connectivity index is 2.07. The van der Waals surface area contributed by atoms with E-state index in [0.29, 0.717) is 17.7 Å². The summed E-state index contributed by atoms with van der Waals surface area (Å²) in [7, 11) is 0. The summed E-state index contributed by atoms with van der Waals surface area (Å²) < 4.78 is 5.14. The number of amides is 1. The second-order valence-electron chi connectivity index (χ2n) is 4.56. The summed E-state index contributed by atoms with van der Waals surface area (Å²) in [6, 6.07) is 3.94. The van der Waals surface area contributed by atoms with Gasteiger partial charge in [-0.15, -0.1) is 0 Å². The fraction of sp³-hybridized carbons (Fsp3) is 0.583. The molecule has 0 atom stereocenters. The first-order valence-corrected chi connectivity index (χ1v) is 5.53. The van der Waals surface area contributed by atoms with Crippen molar-refractivity contribution < 1.29 is 9.21 Å². The van der Waals surface area contributed by atoms with Crippen LogP contribution in [0, 0.1) is 5.92 Å². The van der Waals surface area contributed by atoms with E-state index in [1.54, 1.807) is 18.4 Å². The van der Waals surface area contributed by atoms with Gasteiger partial charge in [0.2, 0.25) is 0 Å². The van der Waals surface area contributed by atoms with Crippen LogP contribution in [0.5, 0.6) is 0 Å². The third-order valence-electron chi connectivity index (χ3n) is 2.54. The van der Waals surface area contributed by atoms with Crippen LogP contribution in [0.4, 0.5) is 0 Å². The number of furan rings is 1. The topological polar surface area (TPSA) is 33.5 Å². The summed E-state index contributed by atoms with van der Waals surface area (Å²) in [6.45, 7) is 5.08. The molecule has 0 aliphatic heterocycles. The molecule has 1 amide bonds. The molecule has 0 spiro atoms. The average molecular weight is 207 g/mol. The predicted molar refractivity (Wildman–Crippen MR) is 57.6 cm³/mol. The van der Waals surface area contributed by atoms with Gasteiger partial charge in [0.1, 0.15) is 0 Å². The molecule has 1 fully saturated rings. The summed E-state index contributed by atoms with van der Waals surface area (Å²) in [5.74, 6) is 1.00. The van der Waals surface area contributed by atoms with E-state index in [2.05, 4.69) is 13.8 Å². The Morgan fingerprint density at radius 1 is 1.60 bits per heavy atom. The first-order chi connectivity index (χ1) is 7.18. The van der Waals surface area contributed by atoms with Crippen molar-refractivity contribution in [3.8, 4) is 0 Å². The van der Waals surface area contributed by atoms with Gasteiger partial charge in [-0.3, -0.25) is 4.79 Å². The van der Waals surface area contributed by atoms with Crippen molar-refractivity contribution in [1.29, 1.82) is 0 Å². The lowest BCUT2D eigenvalue weighted by atomic mass is 10.2. The highest BCUT2D eigenvalue weighted by Gasteiger charge is 2.34. The van der Waals surface area contributed by atoms with Crippen LogP contribution >= 0.6 is 0 Å². The van der Waals surface area contributed by atoms with Gasteiger partial charge < -0.3 is 9.32 Å². The standard InChI is InChI=1S/C12H17NO2/c1-9(2)8-13(10-5-6-10)12(14)11-4-3-7-15-11/h3-4,7,9-10H,5-6,8H2,1-2H3. The van der Waals surface area contributed by atoms with Gasteiger partial charge in [0.25, 0.3) is 5.91 Å². The summed E-state index contributed by atoms with van der Waals surface area (Å²) >= 11 is 0. The van der Waals surface area contributed by atoms with E-state index >= 15 is 0 Å². The summed E-state index contributed by atoms with van der Waals surface area (Å²) in [5.41, 5.74) is 0. The number of carbonyl (C=O) groups is 1. The normalized spacial score (nSPS) is 15.7. The molecule has 0 saturated heterocycles. The Morgan fingerprint density at radius 2 is 2.33 bits per heavy atom. The minimum Gasteiger partial charge on any atom is -0.459 e. The van der Waals surface area contributed by atoms with E-state index in [9.17, 15) is 4.79 Å². The third kappa shape index (κ3) is 2.41. The number of nitrogens with zero attached hydrogens (tertiary/aromatic N) is 1. The lowest BCUT2D eigenvalue weighted by Crippen LogP contribution is -2.35. The number of carbonyl (C=O) groups excluding carboxylic acids is 1. The Kier molecular flexibility index (Phi) is 2.80. The summed E-state index contributed by atoms with van der Waals surface area (Å²) in [4.78, 5) is 14.0. The van der Waals surface area contributed by atoms with Crippen molar-refractivity contribution in [3.05, 3.63) is 24.2 Å². The average Bonchev–Trinajstić information content (AvgIpc) is 2.88. The van der Waals surface area contributed by atoms with Gasteiger partial charge in [-0.1, -0.05) is 13.8 Å². The first-order valence-electron chi connectivity index (χ1n) is 5.53. The van der Waals surface area contributed by atoms with Crippen molar-refractivity contribution in [2.24, 2.45) is 5.92 Å². The zero-order valence-corrected chi connectivity index (χ0v) is 9.27. The third-order valence-corrected chi connectivity index (χ3v) is 2.54. The zero-order valence-electron chi connectivity index (χ0n) is 9.27. The zero-order chi connectivity index (χ0) is 10.8. The molecule has 1 aliphatic carbocycles. The van der Waals surface area contributed by atoms with E-state index < -0.39 is 0 Å². The largest absolute Gasteiger partial charge is 0.459 e. The van der Waals surface area contributed by atoms with Gasteiger partial charge in [0.05, 0.1) is 6.26 Å². The Bertz CT molecular complexity index is 325. The van der Waals surface area contributed by atoms with E-state index in [1.807, 2.05) is 4.90 Å². The van der Waals surface area contributed by atoms with Crippen LogP contribution in [-0.4, -0.2) is 23.4 Å². The molecule has 0 unspecified atom stereocenters. The fourth-order valence-electron chi connectivity index (χ4n) is 1.72. The van der Waals surface area contributed by atoms with Crippen LogP contribution in [0.15, 0.2) is 22.8 Å². The smallest absolute Gasteiger partial charge is 0.289 e. The number of hydrogen-bond donors (Lipinski definition) is 0. The Morgan fingerprint density at radius 3 is 2.80 bits per heavy atom. The number of rotatable bonds is 4. The van der Waals surface area contributed by atoms with Crippen LogP contribution < -0.4 is 0 Å². The molecule has 1 heterocycles. The second-order valence-corrected chi connectivity index (χ2v) is 4.56. The van der Waals surface area contributed by atoms with Crippen molar-refractivity contribution >= 4 is 5.91 Å². The fourth-order valence-corrected chi connectivity index (χ4v) is 1.72. The van der Waals surface area contributed by atoms with Crippen LogP contribution in [0.1, 0.15) is 37.2 Å². The summed E-state index contributed by atoms with van der Waals surface area (Å²) in [6.07, 6.45) is 3.83. The lowest BCUT2D eigenvalue weighted by Gasteiger charge is -2.23. The van der Waals surface area contributed by atoms with E-state index in [-0.39, 0.29) is 5.91 Å². The molecule has 0 aromatic carbocycles. The van der Waals surface area contributed by atoms with Crippen molar-refractivity contribution in [2.45, 2.75) is 32.7 Å². The van der Waals surface area contributed by atoms with Crippen LogP contribution in [0.25, 0.3) is 0 Å². The molecule has 2 rings (SSSR count). The highest BCUT2D eigenvalue weighted by atomic mass is 16.3. The van der Waals surface area contributed by atoms with Crippen molar-refractivity contribution in [1.82, 2.24) is 4.90 Å². The number of hydrogen-bond acceptors (Lipinski definition) is 2. The SMILES string of the molecule is CC(C)CN(C(=O)c1ccco1)C1CC1. The molecule has 1 saturated carbocycles. The molecule has 0 N–H and O–H groups in total. The maximum Gasteiger partial charge on any atom is 0.289 e. The second kappa shape index (κ2) is 4.09. The van der Waals surface area contributed by atoms with E-state index in [4.69, 9.17) is 4.42 Å². The highest BCUT2D eigenvalue weighted by Crippen LogP contribution is 2.29. The molecule has 3 nitrogen and oxygen atoms in total. The van der Waals surface area contributed by atoms with Crippen LogP contribution in [-0.2, 0) is 0 Å². The predicted octanol–water partition coefficient (Wildman–Crippen LogP) is 2.54. The minimum absolute atomic E-state index is 0.0381. The Hall–Kier alpha value is -1.25. The molecule has 1 aromatic rings.